The Bertz CT molecular complexity index is 337. The molecule has 2 N–H and O–H groups in total. The third-order valence-corrected chi connectivity index (χ3v) is 2.76. The molecule has 3 nitrogen and oxygen atoms in total. The van der Waals surface area contributed by atoms with Crippen LogP contribution in [0.15, 0.2) is 18.2 Å². The average Bonchev–Trinajstić information content (AvgIpc) is 2.73. The molecule has 1 aromatic carbocycles. The van der Waals surface area contributed by atoms with Crippen molar-refractivity contribution in [3.8, 4) is 5.75 Å². The molecule has 1 atom stereocenters. The summed E-state index contributed by atoms with van der Waals surface area (Å²) in [6, 6.07) is 5.29. The highest BCUT2D eigenvalue weighted by Gasteiger charge is 2.15. The van der Waals surface area contributed by atoms with E-state index >= 15 is 0 Å². The van der Waals surface area contributed by atoms with Crippen LogP contribution in [0, 0.1) is 0 Å². The van der Waals surface area contributed by atoms with Crippen LogP contribution in [0.4, 0.5) is 5.69 Å². The van der Waals surface area contributed by atoms with Gasteiger partial charge in [-0.3, -0.25) is 0 Å². The molecule has 1 heterocycles. The maximum Gasteiger partial charge on any atom is 0.121 e. The van der Waals surface area contributed by atoms with E-state index in [1.165, 1.54) is 0 Å². The van der Waals surface area contributed by atoms with Crippen LogP contribution >= 0.6 is 11.6 Å². The Balaban J connectivity index is 1.90. The predicted octanol–water partition coefficient (Wildman–Crippen LogP) is 2.48. The van der Waals surface area contributed by atoms with Gasteiger partial charge in [0, 0.05) is 12.7 Å². The largest absolute Gasteiger partial charge is 0.491 e. The Hall–Kier alpha value is -0.930. The number of halogens is 1. The van der Waals surface area contributed by atoms with Crippen LogP contribution in [0.1, 0.15) is 12.8 Å². The van der Waals surface area contributed by atoms with Crippen LogP contribution in [-0.4, -0.2) is 19.3 Å². The van der Waals surface area contributed by atoms with Crippen molar-refractivity contribution in [3.05, 3.63) is 23.2 Å². The van der Waals surface area contributed by atoms with E-state index in [9.17, 15) is 0 Å². The minimum absolute atomic E-state index is 0.223. The van der Waals surface area contributed by atoms with E-state index < -0.39 is 0 Å². The molecule has 0 spiro atoms. The first kappa shape index (κ1) is 10.6. The van der Waals surface area contributed by atoms with Crippen LogP contribution in [0.3, 0.4) is 0 Å². The molecule has 0 aromatic heterocycles. The molecule has 1 saturated heterocycles. The summed E-state index contributed by atoms with van der Waals surface area (Å²) in [5, 5.41) is 0.528. The van der Waals surface area contributed by atoms with Gasteiger partial charge in [0.2, 0.25) is 0 Å². The summed E-state index contributed by atoms with van der Waals surface area (Å²) in [5.41, 5.74) is 6.17. The molecule has 0 bridgehead atoms. The first-order valence-electron chi connectivity index (χ1n) is 5.05. The lowest BCUT2D eigenvalue weighted by Crippen LogP contribution is -2.16. The monoisotopic (exact) mass is 227 g/mol. The molecule has 0 aliphatic carbocycles. The van der Waals surface area contributed by atoms with E-state index in [2.05, 4.69) is 0 Å². The van der Waals surface area contributed by atoms with Gasteiger partial charge in [0.05, 0.1) is 16.8 Å². The minimum atomic E-state index is 0.223. The zero-order valence-corrected chi connectivity index (χ0v) is 9.17. The molecular weight excluding hydrogens is 214 g/mol. The van der Waals surface area contributed by atoms with Gasteiger partial charge in [-0.15, -0.1) is 0 Å². The van der Waals surface area contributed by atoms with E-state index in [1.807, 2.05) is 6.07 Å². The van der Waals surface area contributed by atoms with Gasteiger partial charge in [-0.2, -0.15) is 0 Å². The minimum Gasteiger partial charge on any atom is -0.491 e. The number of ether oxygens (including phenoxy) is 2. The van der Waals surface area contributed by atoms with E-state index in [4.69, 9.17) is 26.8 Å². The Labute approximate surface area is 94.1 Å². The molecule has 1 aliphatic rings. The highest BCUT2D eigenvalue weighted by molar-refractivity contribution is 6.33. The second-order valence-corrected chi connectivity index (χ2v) is 4.04. The van der Waals surface area contributed by atoms with Gasteiger partial charge in [-0.25, -0.2) is 0 Å². The van der Waals surface area contributed by atoms with Gasteiger partial charge in [-0.1, -0.05) is 11.6 Å². The van der Waals surface area contributed by atoms with Crippen molar-refractivity contribution in [3.63, 3.8) is 0 Å². The third kappa shape index (κ3) is 2.76. The van der Waals surface area contributed by atoms with Crippen LogP contribution in [-0.2, 0) is 4.74 Å². The Kier molecular flexibility index (Phi) is 3.34. The lowest BCUT2D eigenvalue weighted by atomic mass is 10.2. The number of rotatable bonds is 3. The molecule has 15 heavy (non-hydrogen) atoms. The smallest absolute Gasteiger partial charge is 0.121 e. The van der Waals surface area contributed by atoms with E-state index in [0.29, 0.717) is 17.3 Å². The fourth-order valence-electron chi connectivity index (χ4n) is 1.56. The quantitative estimate of drug-likeness (QED) is 0.807. The molecule has 0 radical (unpaired) electrons. The molecule has 1 aliphatic heterocycles. The number of nitrogens with two attached hydrogens (primary N) is 1. The zero-order chi connectivity index (χ0) is 10.7. The lowest BCUT2D eigenvalue weighted by Gasteiger charge is -2.11. The Morgan fingerprint density at radius 3 is 3.07 bits per heavy atom. The Morgan fingerprint density at radius 2 is 2.40 bits per heavy atom. The number of nitrogen functional groups attached to an aromatic ring is 1. The van der Waals surface area contributed by atoms with Gasteiger partial charge in [-0.05, 0) is 25.0 Å². The van der Waals surface area contributed by atoms with Crippen molar-refractivity contribution in [2.45, 2.75) is 18.9 Å². The number of benzene rings is 1. The van der Waals surface area contributed by atoms with Crippen LogP contribution in [0.2, 0.25) is 5.02 Å². The first-order chi connectivity index (χ1) is 7.25. The highest BCUT2D eigenvalue weighted by Crippen LogP contribution is 2.24. The SMILES string of the molecule is Nc1ccc(OCC2CCCO2)cc1Cl. The molecule has 1 aromatic rings. The summed E-state index contributed by atoms with van der Waals surface area (Å²) in [7, 11) is 0. The lowest BCUT2D eigenvalue weighted by molar-refractivity contribution is 0.0679. The summed E-state index contributed by atoms with van der Waals surface area (Å²) < 4.78 is 11.0. The van der Waals surface area contributed by atoms with Crippen LogP contribution in [0.5, 0.6) is 5.75 Å². The fourth-order valence-corrected chi connectivity index (χ4v) is 1.73. The second-order valence-electron chi connectivity index (χ2n) is 3.63. The normalized spacial score (nSPS) is 20.5. The number of hydrogen-bond donors (Lipinski definition) is 1. The third-order valence-electron chi connectivity index (χ3n) is 2.43. The van der Waals surface area contributed by atoms with Crippen LogP contribution < -0.4 is 10.5 Å². The van der Waals surface area contributed by atoms with Crippen molar-refractivity contribution in [1.82, 2.24) is 0 Å². The van der Waals surface area contributed by atoms with Crippen molar-refractivity contribution < 1.29 is 9.47 Å². The number of anilines is 1. The highest BCUT2D eigenvalue weighted by atomic mass is 35.5. The van der Waals surface area contributed by atoms with Crippen molar-refractivity contribution in [2.24, 2.45) is 0 Å². The summed E-state index contributed by atoms with van der Waals surface area (Å²) in [4.78, 5) is 0. The topological polar surface area (TPSA) is 44.5 Å². The number of hydrogen-bond acceptors (Lipinski definition) is 3. The summed E-state index contributed by atoms with van der Waals surface area (Å²) in [5.74, 6) is 0.740. The van der Waals surface area contributed by atoms with E-state index in [-0.39, 0.29) is 6.10 Å². The second kappa shape index (κ2) is 4.73. The summed E-state index contributed by atoms with van der Waals surface area (Å²) >= 11 is 5.87. The molecule has 82 valence electrons. The summed E-state index contributed by atoms with van der Waals surface area (Å²) in [6.07, 6.45) is 2.42. The van der Waals surface area contributed by atoms with Crippen molar-refractivity contribution in [2.75, 3.05) is 18.9 Å². The van der Waals surface area contributed by atoms with Gasteiger partial charge in [0.1, 0.15) is 12.4 Å². The molecule has 1 fully saturated rings. The fraction of sp³-hybridized carbons (Fsp3) is 0.455. The molecule has 1 unspecified atom stereocenters. The first-order valence-corrected chi connectivity index (χ1v) is 5.43. The van der Waals surface area contributed by atoms with Gasteiger partial charge in [0.25, 0.3) is 0 Å². The molecule has 4 heteroatoms. The summed E-state index contributed by atoms with van der Waals surface area (Å²) in [6.45, 7) is 1.43. The Morgan fingerprint density at radius 1 is 1.53 bits per heavy atom. The molecule has 0 amide bonds. The zero-order valence-electron chi connectivity index (χ0n) is 8.41. The van der Waals surface area contributed by atoms with Crippen molar-refractivity contribution in [1.29, 1.82) is 0 Å². The predicted molar refractivity (Wildman–Crippen MR) is 60.3 cm³/mol. The van der Waals surface area contributed by atoms with Gasteiger partial charge >= 0.3 is 0 Å². The molecule has 0 saturated carbocycles. The molecule has 2 rings (SSSR count). The maximum absolute atomic E-state index is 5.87. The van der Waals surface area contributed by atoms with E-state index in [0.717, 1.165) is 25.2 Å². The van der Waals surface area contributed by atoms with Gasteiger partial charge in [0.15, 0.2) is 0 Å². The van der Waals surface area contributed by atoms with Gasteiger partial charge < -0.3 is 15.2 Å². The average molecular weight is 228 g/mol. The van der Waals surface area contributed by atoms with E-state index in [1.54, 1.807) is 12.1 Å². The van der Waals surface area contributed by atoms with Crippen molar-refractivity contribution >= 4 is 17.3 Å². The maximum atomic E-state index is 5.87. The molecular formula is C11H14ClNO2. The standard InChI is InChI=1S/C11H14ClNO2/c12-10-6-8(3-4-11(10)13)15-7-9-2-1-5-14-9/h3-4,6,9H,1-2,5,7,13H2. The van der Waals surface area contributed by atoms with Crippen LogP contribution in [0.25, 0.3) is 0 Å².